The van der Waals surface area contributed by atoms with Gasteiger partial charge < -0.3 is 9.47 Å². The van der Waals surface area contributed by atoms with Crippen LogP contribution in [0.3, 0.4) is 0 Å². The van der Waals surface area contributed by atoms with E-state index in [9.17, 15) is 0 Å². The molecule has 0 aromatic heterocycles. The molecule has 0 spiro atoms. The van der Waals surface area contributed by atoms with Crippen molar-refractivity contribution < 1.29 is 9.47 Å². The molecule has 0 N–H and O–H groups in total. The zero-order valence-electron chi connectivity index (χ0n) is 13.2. The lowest BCUT2D eigenvalue weighted by atomic mass is 9.76. The molecule has 0 aliphatic heterocycles. The van der Waals surface area contributed by atoms with E-state index >= 15 is 0 Å². The second-order valence-corrected chi connectivity index (χ2v) is 6.11. The maximum Gasteiger partial charge on any atom is 0.292 e. The van der Waals surface area contributed by atoms with E-state index in [2.05, 4.69) is 19.9 Å². The van der Waals surface area contributed by atoms with E-state index in [4.69, 9.17) is 20.0 Å². The number of hydrogen-bond donors (Lipinski definition) is 0. The third-order valence-electron chi connectivity index (χ3n) is 3.84. The number of aryl methyl sites for hydroxylation is 1. The number of nitriles is 2. The summed E-state index contributed by atoms with van der Waals surface area (Å²) in [4.78, 5) is 0. The molecule has 2 rings (SSSR count). The Morgan fingerprint density at radius 3 is 2.32 bits per heavy atom. The highest BCUT2D eigenvalue weighted by Gasteiger charge is 2.32. The molecule has 1 aromatic rings. The Balaban J connectivity index is 2.43. The summed E-state index contributed by atoms with van der Waals surface area (Å²) in [6, 6.07) is 5.77. The lowest BCUT2D eigenvalue weighted by molar-refractivity contribution is 0.241. The Morgan fingerprint density at radius 1 is 1.09 bits per heavy atom. The van der Waals surface area contributed by atoms with Gasteiger partial charge in [-0.25, -0.2) is 0 Å². The van der Waals surface area contributed by atoms with Crippen molar-refractivity contribution in [2.75, 3.05) is 0 Å². The summed E-state index contributed by atoms with van der Waals surface area (Å²) in [6.45, 7) is 8.00. The second kappa shape index (κ2) is 5.95. The first-order valence-electron chi connectivity index (χ1n) is 7.04. The van der Waals surface area contributed by atoms with Crippen molar-refractivity contribution >= 4 is 5.57 Å². The Morgan fingerprint density at radius 2 is 1.77 bits per heavy atom. The standard InChI is InChI=1S/C18H18N2O2/c1-12-7-14(5-6-16(12)21-10-19)15-8-13(2)17(22-11-20)18(3,4)9-15/h5-8H,9H2,1-4H3. The van der Waals surface area contributed by atoms with E-state index < -0.39 is 0 Å². The number of ether oxygens (including phenoxy) is 2. The molecule has 0 bridgehead atoms. The maximum atomic E-state index is 8.80. The third-order valence-corrected chi connectivity index (χ3v) is 3.84. The van der Waals surface area contributed by atoms with E-state index in [0.29, 0.717) is 5.75 Å². The van der Waals surface area contributed by atoms with Gasteiger partial charge in [0.25, 0.3) is 12.5 Å². The molecule has 0 saturated carbocycles. The minimum atomic E-state index is -0.236. The average molecular weight is 294 g/mol. The van der Waals surface area contributed by atoms with Crippen molar-refractivity contribution in [3.63, 3.8) is 0 Å². The van der Waals surface area contributed by atoms with Crippen LogP contribution in [0.4, 0.5) is 0 Å². The predicted molar refractivity (Wildman–Crippen MR) is 83.2 cm³/mol. The van der Waals surface area contributed by atoms with Crippen LogP contribution >= 0.6 is 0 Å². The number of nitrogens with zero attached hydrogens (tertiary/aromatic N) is 2. The Kier molecular flexibility index (Phi) is 4.24. The number of rotatable bonds is 3. The maximum absolute atomic E-state index is 8.80. The lowest BCUT2D eigenvalue weighted by Gasteiger charge is -2.32. The predicted octanol–water partition coefficient (Wildman–Crippen LogP) is 4.44. The van der Waals surface area contributed by atoms with E-state index in [1.807, 2.05) is 32.0 Å². The molecular formula is C18H18N2O2. The quantitative estimate of drug-likeness (QED) is 0.773. The van der Waals surface area contributed by atoms with Crippen LogP contribution in [0.25, 0.3) is 5.57 Å². The molecule has 0 amide bonds. The van der Waals surface area contributed by atoms with Gasteiger partial charge in [-0.1, -0.05) is 26.0 Å². The van der Waals surface area contributed by atoms with Crippen LogP contribution in [-0.4, -0.2) is 0 Å². The van der Waals surface area contributed by atoms with Crippen LogP contribution in [-0.2, 0) is 4.74 Å². The summed E-state index contributed by atoms with van der Waals surface area (Å²) in [7, 11) is 0. The smallest absolute Gasteiger partial charge is 0.292 e. The molecule has 22 heavy (non-hydrogen) atoms. The molecule has 0 heterocycles. The van der Waals surface area contributed by atoms with E-state index in [1.54, 1.807) is 12.5 Å². The average Bonchev–Trinajstić information content (AvgIpc) is 2.44. The third kappa shape index (κ3) is 2.97. The zero-order valence-corrected chi connectivity index (χ0v) is 13.2. The van der Waals surface area contributed by atoms with Gasteiger partial charge in [0.15, 0.2) is 0 Å². The van der Waals surface area contributed by atoms with Gasteiger partial charge in [0.1, 0.15) is 11.5 Å². The van der Waals surface area contributed by atoms with Gasteiger partial charge in [0.05, 0.1) is 0 Å². The highest BCUT2D eigenvalue weighted by molar-refractivity contribution is 5.72. The summed E-state index contributed by atoms with van der Waals surface area (Å²) in [6.07, 6.45) is 6.30. The van der Waals surface area contributed by atoms with E-state index in [1.165, 1.54) is 5.57 Å². The fourth-order valence-corrected chi connectivity index (χ4v) is 2.93. The van der Waals surface area contributed by atoms with Gasteiger partial charge in [-0.3, -0.25) is 0 Å². The molecular weight excluding hydrogens is 276 g/mol. The van der Waals surface area contributed by atoms with Gasteiger partial charge in [0.2, 0.25) is 0 Å². The van der Waals surface area contributed by atoms with Crippen LogP contribution in [0.2, 0.25) is 0 Å². The molecule has 0 atom stereocenters. The minimum Gasteiger partial charge on any atom is -0.392 e. The fourth-order valence-electron chi connectivity index (χ4n) is 2.93. The fraction of sp³-hybridized carbons (Fsp3) is 0.333. The molecule has 1 aliphatic carbocycles. The van der Waals surface area contributed by atoms with Gasteiger partial charge in [0, 0.05) is 5.41 Å². The van der Waals surface area contributed by atoms with Crippen molar-refractivity contribution in [2.24, 2.45) is 5.41 Å². The first-order valence-corrected chi connectivity index (χ1v) is 7.04. The Hall–Kier alpha value is -2.72. The number of benzene rings is 1. The molecule has 112 valence electrons. The topological polar surface area (TPSA) is 66.0 Å². The molecule has 4 heteroatoms. The number of allylic oxidation sites excluding steroid dienone is 4. The van der Waals surface area contributed by atoms with Crippen molar-refractivity contribution in [3.8, 4) is 18.3 Å². The van der Waals surface area contributed by atoms with E-state index in [0.717, 1.165) is 28.9 Å². The molecule has 1 aliphatic rings. The van der Waals surface area contributed by atoms with Crippen molar-refractivity contribution in [1.29, 1.82) is 10.5 Å². The monoisotopic (exact) mass is 294 g/mol. The van der Waals surface area contributed by atoms with Crippen molar-refractivity contribution in [2.45, 2.75) is 34.1 Å². The van der Waals surface area contributed by atoms with Crippen LogP contribution in [0.1, 0.15) is 38.3 Å². The van der Waals surface area contributed by atoms with Crippen LogP contribution in [0.5, 0.6) is 5.75 Å². The molecule has 1 aromatic carbocycles. The summed E-state index contributed by atoms with van der Waals surface area (Å²) < 4.78 is 10.1. The minimum absolute atomic E-state index is 0.236. The molecule has 0 unspecified atom stereocenters. The second-order valence-electron chi connectivity index (χ2n) is 6.11. The highest BCUT2D eigenvalue weighted by atomic mass is 16.5. The lowest BCUT2D eigenvalue weighted by Crippen LogP contribution is -2.21. The Bertz CT molecular complexity index is 743. The summed E-state index contributed by atoms with van der Waals surface area (Å²) in [5.41, 5.74) is 3.91. The SMILES string of the molecule is CC1=C(OC#N)C(C)(C)CC(c2ccc(OC#N)c(C)c2)=C1. The Labute approximate surface area is 130 Å². The van der Waals surface area contributed by atoms with E-state index in [-0.39, 0.29) is 5.41 Å². The molecule has 0 radical (unpaired) electrons. The number of hydrogen-bond acceptors (Lipinski definition) is 4. The van der Waals surface area contributed by atoms with Gasteiger partial charge in [-0.15, -0.1) is 10.5 Å². The summed E-state index contributed by atoms with van der Waals surface area (Å²) >= 11 is 0. The van der Waals surface area contributed by atoms with Gasteiger partial charge in [-0.05, 0) is 54.7 Å². The van der Waals surface area contributed by atoms with Crippen LogP contribution in [0, 0.1) is 35.4 Å². The van der Waals surface area contributed by atoms with Crippen molar-refractivity contribution in [3.05, 3.63) is 46.7 Å². The first-order chi connectivity index (χ1) is 10.4. The van der Waals surface area contributed by atoms with Crippen molar-refractivity contribution in [1.82, 2.24) is 0 Å². The van der Waals surface area contributed by atoms with Gasteiger partial charge >= 0.3 is 0 Å². The largest absolute Gasteiger partial charge is 0.392 e. The highest BCUT2D eigenvalue weighted by Crippen LogP contribution is 2.43. The summed E-state index contributed by atoms with van der Waals surface area (Å²) in [5.74, 6) is 1.29. The first kappa shape index (κ1) is 15.7. The zero-order chi connectivity index (χ0) is 16.3. The van der Waals surface area contributed by atoms with Gasteiger partial charge in [-0.2, -0.15) is 0 Å². The molecule has 0 fully saturated rings. The summed E-state index contributed by atoms with van der Waals surface area (Å²) in [5, 5.41) is 17.4. The molecule has 4 nitrogen and oxygen atoms in total. The van der Waals surface area contributed by atoms with Crippen LogP contribution in [0.15, 0.2) is 35.6 Å². The normalized spacial score (nSPS) is 16.4. The van der Waals surface area contributed by atoms with Crippen LogP contribution < -0.4 is 4.74 Å². The molecule has 0 saturated heterocycles.